The second-order valence-corrected chi connectivity index (χ2v) is 6.19. The summed E-state index contributed by atoms with van der Waals surface area (Å²) in [5, 5.41) is 4.30. The maximum absolute atomic E-state index is 12.3. The van der Waals surface area contributed by atoms with Crippen LogP contribution in [0.2, 0.25) is 0 Å². The number of amides is 1. The number of hydrogen-bond donors (Lipinski definition) is 1. The van der Waals surface area contributed by atoms with Crippen molar-refractivity contribution in [3.63, 3.8) is 0 Å². The van der Waals surface area contributed by atoms with E-state index >= 15 is 0 Å². The molecule has 0 bridgehead atoms. The standard InChI is InChI=1S/C18H25N3O/c1-3-21-10-6-7-15(21)12-19-18(22)11-14-13-20(2)17-9-5-4-8-16(14)17/h4-5,8-9,13,15H,3,6-7,10-12H2,1-2H3,(H,19,22)/t15-/m0/s1. The van der Waals surface area contributed by atoms with Crippen molar-refractivity contribution in [2.24, 2.45) is 7.05 Å². The molecule has 1 aromatic carbocycles. The fourth-order valence-electron chi connectivity index (χ4n) is 3.58. The minimum Gasteiger partial charge on any atom is -0.354 e. The first-order valence-corrected chi connectivity index (χ1v) is 8.22. The molecule has 4 heteroatoms. The van der Waals surface area contributed by atoms with Gasteiger partial charge in [0, 0.05) is 36.7 Å². The van der Waals surface area contributed by atoms with Gasteiger partial charge in [-0.3, -0.25) is 9.69 Å². The van der Waals surface area contributed by atoms with E-state index in [1.54, 1.807) is 0 Å². The van der Waals surface area contributed by atoms with Crippen LogP contribution in [0.5, 0.6) is 0 Å². The highest BCUT2D eigenvalue weighted by Crippen LogP contribution is 2.21. The van der Waals surface area contributed by atoms with Gasteiger partial charge in [0.1, 0.15) is 0 Å². The van der Waals surface area contributed by atoms with Crippen LogP contribution in [0.15, 0.2) is 30.5 Å². The molecule has 0 unspecified atom stereocenters. The second kappa shape index (κ2) is 6.53. The molecule has 22 heavy (non-hydrogen) atoms. The molecule has 118 valence electrons. The Labute approximate surface area is 132 Å². The van der Waals surface area contributed by atoms with E-state index in [1.165, 1.54) is 30.3 Å². The monoisotopic (exact) mass is 299 g/mol. The van der Waals surface area contributed by atoms with E-state index in [-0.39, 0.29) is 5.91 Å². The topological polar surface area (TPSA) is 37.3 Å². The maximum atomic E-state index is 12.3. The van der Waals surface area contributed by atoms with Crippen molar-refractivity contribution >= 4 is 16.8 Å². The number of benzene rings is 1. The smallest absolute Gasteiger partial charge is 0.224 e. The number of likely N-dealkylation sites (N-methyl/N-ethyl adjacent to an activating group) is 1. The molecule has 2 aromatic rings. The van der Waals surface area contributed by atoms with E-state index in [0.29, 0.717) is 12.5 Å². The van der Waals surface area contributed by atoms with Crippen LogP contribution in [-0.2, 0) is 18.3 Å². The molecule has 0 spiro atoms. The number of para-hydroxylation sites is 1. The van der Waals surface area contributed by atoms with Gasteiger partial charge in [0.2, 0.25) is 5.91 Å². The molecule has 2 heterocycles. The lowest BCUT2D eigenvalue weighted by molar-refractivity contribution is -0.120. The van der Waals surface area contributed by atoms with Crippen molar-refractivity contribution in [3.05, 3.63) is 36.0 Å². The Kier molecular flexibility index (Phi) is 4.48. The van der Waals surface area contributed by atoms with Crippen molar-refractivity contribution in [2.45, 2.75) is 32.2 Å². The van der Waals surface area contributed by atoms with E-state index in [1.807, 2.05) is 19.2 Å². The molecule has 1 amide bonds. The highest BCUT2D eigenvalue weighted by atomic mass is 16.1. The van der Waals surface area contributed by atoms with E-state index in [9.17, 15) is 4.79 Å². The van der Waals surface area contributed by atoms with E-state index in [0.717, 1.165) is 18.7 Å². The third-order valence-electron chi connectivity index (χ3n) is 4.77. The first-order valence-electron chi connectivity index (χ1n) is 8.22. The fourth-order valence-corrected chi connectivity index (χ4v) is 3.58. The second-order valence-electron chi connectivity index (χ2n) is 6.19. The average molecular weight is 299 g/mol. The Bertz CT molecular complexity index is 661. The van der Waals surface area contributed by atoms with E-state index < -0.39 is 0 Å². The minimum absolute atomic E-state index is 0.124. The van der Waals surface area contributed by atoms with Gasteiger partial charge < -0.3 is 9.88 Å². The lowest BCUT2D eigenvalue weighted by Gasteiger charge is -2.22. The third kappa shape index (κ3) is 3.02. The summed E-state index contributed by atoms with van der Waals surface area (Å²) in [4.78, 5) is 14.7. The van der Waals surface area contributed by atoms with Gasteiger partial charge in [-0.05, 0) is 37.6 Å². The van der Waals surface area contributed by atoms with Gasteiger partial charge in [-0.25, -0.2) is 0 Å². The van der Waals surface area contributed by atoms with Crippen LogP contribution in [-0.4, -0.2) is 41.1 Å². The van der Waals surface area contributed by atoms with Crippen molar-refractivity contribution in [1.29, 1.82) is 0 Å². The molecule has 0 saturated carbocycles. The summed E-state index contributed by atoms with van der Waals surface area (Å²) in [5.41, 5.74) is 2.28. The summed E-state index contributed by atoms with van der Waals surface area (Å²) in [7, 11) is 2.03. The Morgan fingerprint density at radius 1 is 1.36 bits per heavy atom. The Balaban J connectivity index is 1.61. The lowest BCUT2D eigenvalue weighted by Crippen LogP contribution is -2.40. The van der Waals surface area contributed by atoms with Crippen molar-refractivity contribution in [1.82, 2.24) is 14.8 Å². The van der Waals surface area contributed by atoms with Crippen LogP contribution in [0.4, 0.5) is 0 Å². The van der Waals surface area contributed by atoms with Crippen LogP contribution in [0.25, 0.3) is 10.9 Å². The fraction of sp³-hybridized carbons (Fsp3) is 0.500. The van der Waals surface area contributed by atoms with E-state index in [2.05, 4.69) is 40.0 Å². The van der Waals surface area contributed by atoms with Crippen LogP contribution in [0, 0.1) is 0 Å². The summed E-state index contributed by atoms with van der Waals surface area (Å²) in [5.74, 6) is 0.124. The highest BCUT2D eigenvalue weighted by Gasteiger charge is 2.23. The molecular weight excluding hydrogens is 274 g/mol. The molecule has 0 aliphatic carbocycles. The molecule has 1 N–H and O–H groups in total. The normalized spacial score (nSPS) is 18.9. The number of aromatic nitrogens is 1. The summed E-state index contributed by atoms with van der Waals surface area (Å²) in [6.07, 6.45) is 4.97. The molecule has 1 atom stereocenters. The van der Waals surface area contributed by atoms with Gasteiger partial charge in [0.05, 0.1) is 6.42 Å². The van der Waals surface area contributed by atoms with Crippen LogP contribution in [0.3, 0.4) is 0 Å². The summed E-state index contributed by atoms with van der Waals surface area (Å²) in [6.45, 7) is 5.21. The van der Waals surface area contributed by atoms with Crippen LogP contribution >= 0.6 is 0 Å². The van der Waals surface area contributed by atoms with Gasteiger partial charge in [-0.1, -0.05) is 25.1 Å². The van der Waals surface area contributed by atoms with Gasteiger partial charge in [0.15, 0.2) is 0 Å². The maximum Gasteiger partial charge on any atom is 0.224 e. The van der Waals surface area contributed by atoms with Gasteiger partial charge in [-0.2, -0.15) is 0 Å². The molecular formula is C18H25N3O. The van der Waals surface area contributed by atoms with Crippen molar-refractivity contribution in [2.75, 3.05) is 19.6 Å². The van der Waals surface area contributed by atoms with Gasteiger partial charge in [0.25, 0.3) is 0 Å². The Morgan fingerprint density at radius 2 is 2.18 bits per heavy atom. The number of fused-ring (bicyclic) bond motifs is 1. The largest absolute Gasteiger partial charge is 0.354 e. The number of rotatable bonds is 5. The predicted octanol–water partition coefficient (Wildman–Crippen LogP) is 2.32. The third-order valence-corrected chi connectivity index (χ3v) is 4.77. The van der Waals surface area contributed by atoms with Gasteiger partial charge in [-0.15, -0.1) is 0 Å². The van der Waals surface area contributed by atoms with Crippen LogP contribution in [0.1, 0.15) is 25.3 Å². The van der Waals surface area contributed by atoms with Gasteiger partial charge >= 0.3 is 0 Å². The number of likely N-dealkylation sites (tertiary alicyclic amines) is 1. The molecule has 1 aromatic heterocycles. The number of nitrogens with one attached hydrogen (secondary N) is 1. The molecule has 0 radical (unpaired) electrons. The first-order chi connectivity index (χ1) is 10.7. The number of carbonyl (C=O) groups excluding carboxylic acids is 1. The van der Waals surface area contributed by atoms with E-state index in [4.69, 9.17) is 0 Å². The summed E-state index contributed by atoms with van der Waals surface area (Å²) < 4.78 is 2.09. The summed E-state index contributed by atoms with van der Waals surface area (Å²) >= 11 is 0. The molecule has 1 fully saturated rings. The summed E-state index contributed by atoms with van der Waals surface area (Å²) in [6, 6.07) is 8.76. The Hall–Kier alpha value is -1.81. The highest BCUT2D eigenvalue weighted by molar-refractivity contribution is 5.89. The zero-order valence-electron chi connectivity index (χ0n) is 13.5. The quantitative estimate of drug-likeness (QED) is 0.920. The number of nitrogens with zero attached hydrogens (tertiary/aromatic N) is 2. The lowest BCUT2D eigenvalue weighted by atomic mass is 10.1. The molecule has 1 aliphatic rings. The molecule has 4 nitrogen and oxygen atoms in total. The number of aryl methyl sites for hydroxylation is 1. The minimum atomic E-state index is 0.124. The zero-order chi connectivity index (χ0) is 15.5. The van der Waals surface area contributed by atoms with Crippen LogP contribution < -0.4 is 5.32 Å². The zero-order valence-corrected chi connectivity index (χ0v) is 13.5. The SMILES string of the molecule is CCN1CCC[C@H]1CNC(=O)Cc1cn(C)c2ccccc12. The number of carbonyl (C=O) groups is 1. The molecule has 1 saturated heterocycles. The molecule has 1 aliphatic heterocycles. The Morgan fingerprint density at radius 3 is 3.00 bits per heavy atom. The number of hydrogen-bond acceptors (Lipinski definition) is 2. The molecule has 3 rings (SSSR count). The first kappa shape index (κ1) is 15.1. The van der Waals surface area contributed by atoms with Crippen molar-refractivity contribution in [3.8, 4) is 0 Å². The predicted molar refractivity (Wildman–Crippen MR) is 89.9 cm³/mol. The van der Waals surface area contributed by atoms with Crippen molar-refractivity contribution < 1.29 is 4.79 Å². The average Bonchev–Trinajstić information content (AvgIpc) is 3.11.